The van der Waals surface area contributed by atoms with Gasteiger partial charge in [0, 0.05) is 19.3 Å². The minimum absolute atomic E-state index is 0. The van der Waals surface area contributed by atoms with E-state index < -0.39 is 0 Å². The number of methoxy groups -OCH3 is 2. The Balaban J connectivity index is 0.00000364. The Bertz CT molecular complexity index is 749. The predicted molar refractivity (Wildman–Crippen MR) is 108 cm³/mol. The highest BCUT2D eigenvalue weighted by Gasteiger charge is 2.16. The molecule has 1 unspecified atom stereocenters. The van der Waals surface area contributed by atoms with Crippen molar-refractivity contribution in [2.75, 3.05) is 31.4 Å². The number of rotatable bonds is 8. The number of halogens is 1. The average molecular weight is 394 g/mol. The summed E-state index contributed by atoms with van der Waals surface area (Å²) in [6, 6.07) is 13.8. The van der Waals surface area contributed by atoms with Gasteiger partial charge >= 0.3 is 0 Å². The molecule has 2 rings (SSSR count). The Morgan fingerprint density at radius 2 is 1.70 bits per heavy atom. The molecule has 0 spiro atoms. The van der Waals surface area contributed by atoms with Gasteiger partial charge in [-0.3, -0.25) is 9.59 Å². The van der Waals surface area contributed by atoms with E-state index in [2.05, 4.69) is 10.6 Å². The molecule has 0 radical (unpaired) electrons. The lowest BCUT2D eigenvalue weighted by atomic mass is 10.1. The second kappa shape index (κ2) is 11.2. The van der Waals surface area contributed by atoms with Crippen molar-refractivity contribution in [1.82, 2.24) is 0 Å². The quantitative estimate of drug-likeness (QED) is 0.639. The number of hydrogen-bond donors (Lipinski definition) is 3. The summed E-state index contributed by atoms with van der Waals surface area (Å²) in [5.74, 6) is 0.100. The molecule has 146 valence electrons. The van der Waals surface area contributed by atoms with Crippen LogP contribution in [0.4, 0.5) is 11.4 Å². The van der Waals surface area contributed by atoms with E-state index in [4.69, 9.17) is 15.2 Å². The van der Waals surface area contributed by atoms with Gasteiger partial charge in [-0.25, -0.2) is 0 Å². The zero-order valence-electron chi connectivity index (χ0n) is 15.2. The van der Waals surface area contributed by atoms with Gasteiger partial charge in [-0.15, -0.1) is 12.4 Å². The average Bonchev–Trinajstić information content (AvgIpc) is 2.67. The molecule has 1 atom stereocenters. The van der Waals surface area contributed by atoms with E-state index in [-0.39, 0.29) is 43.3 Å². The predicted octanol–water partition coefficient (Wildman–Crippen LogP) is 2.67. The summed E-state index contributed by atoms with van der Waals surface area (Å²) >= 11 is 0. The molecule has 0 heterocycles. The van der Waals surface area contributed by atoms with Crippen LogP contribution in [0.15, 0.2) is 48.5 Å². The Kier molecular flexibility index (Phi) is 9.29. The smallest absolute Gasteiger partial charge is 0.257 e. The molecule has 27 heavy (non-hydrogen) atoms. The number of para-hydroxylation sites is 1. The number of nitrogens with two attached hydrogens (primary N) is 1. The van der Waals surface area contributed by atoms with Crippen LogP contribution < -0.4 is 21.1 Å². The highest BCUT2D eigenvalue weighted by atomic mass is 35.5. The lowest BCUT2D eigenvalue weighted by molar-refractivity contribution is -0.118. The zero-order valence-corrected chi connectivity index (χ0v) is 16.0. The molecule has 2 aromatic rings. The first-order valence-corrected chi connectivity index (χ1v) is 8.14. The van der Waals surface area contributed by atoms with Crippen LogP contribution in [0.2, 0.25) is 0 Å². The largest absolute Gasteiger partial charge is 0.497 e. The summed E-state index contributed by atoms with van der Waals surface area (Å²) in [6.45, 7) is 0.240. The molecule has 0 aromatic heterocycles. The third-order valence-electron chi connectivity index (χ3n) is 3.80. The fourth-order valence-electron chi connectivity index (χ4n) is 2.33. The monoisotopic (exact) mass is 393 g/mol. The van der Waals surface area contributed by atoms with E-state index in [1.165, 1.54) is 7.11 Å². The van der Waals surface area contributed by atoms with Gasteiger partial charge in [0.25, 0.3) is 5.91 Å². The van der Waals surface area contributed by atoms with E-state index in [0.29, 0.717) is 22.7 Å². The number of anilines is 2. The van der Waals surface area contributed by atoms with Crippen molar-refractivity contribution in [2.45, 2.75) is 12.5 Å². The first-order chi connectivity index (χ1) is 12.6. The molecule has 2 amide bonds. The Morgan fingerprint density at radius 3 is 2.30 bits per heavy atom. The van der Waals surface area contributed by atoms with Crippen LogP contribution in [-0.4, -0.2) is 38.7 Å². The number of carbonyl (C=O) groups excluding carboxylic acids is 2. The van der Waals surface area contributed by atoms with Gasteiger partial charge < -0.3 is 25.8 Å². The molecule has 0 aliphatic heterocycles. The summed E-state index contributed by atoms with van der Waals surface area (Å²) in [7, 11) is 3.08. The first kappa shape index (κ1) is 22.4. The van der Waals surface area contributed by atoms with E-state index in [9.17, 15) is 9.59 Å². The molecule has 0 saturated heterocycles. The van der Waals surface area contributed by atoms with Crippen LogP contribution in [0.1, 0.15) is 16.8 Å². The summed E-state index contributed by atoms with van der Waals surface area (Å²) in [6.07, 6.45) is -0.253. The normalized spacial score (nSPS) is 11.1. The van der Waals surface area contributed by atoms with Gasteiger partial charge in [0.05, 0.1) is 30.9 Å². The molecule has 7 nitrogen and oxygen atoms in total. The van der Waals surface area contributed by atoms with Crippen molar-refractivity contribution in [1.29, 1.82) is 0 Å². The molecule has 0 fully saturated rings. The van der Waals surface area contributed by atoms with E-state index in [1.54, 1.807) is 55.6 Å². The van der Waals surface area contributed by atoms with Crippen molar-refractivity contribution in [2.24, 2.45) is 5.73 Å². The van der Waals surface area contributed by atoms with Crippen molar-refractivity contribution in [3.8, 4) is 5.75 Å². The lowest BCUT2D eigenvalue weighted by Crippen LogP contribution is -2.28. The van der Waals surface area contributed by atoms with Gasteiger partial charge in [0.2, 0.25) is 5.91 Å². The van der Waals surface area contributed by atoms with Crippen LogP contribution in [-0.2, 0) is 9.53 Å². The molecule has 2 aromatic carbocycles. The third-order valence-corrected chi connectivity index (χ3v) is 3.80. The molecule has 0 bridgehead atoms. The maximum Gasteiger partial charge on any atom is 0.257 e. The topological polar surface area (TPSA) is 103 Å². The summed E-state index contributed by atoms with van der Waals surface area (Å²) in [5, 5.41) is 5.54. The second-order valence-electron chi connectivity index (χ2n) is 5.57. The lowest BCUT2D eigenvalue weighted by Gasteiger charge is -2.14. The maximum atomic E-state index is 12.6. The number of benzene rings is 2. The number of amides is 2. The van der Waals surface area contributed by atoms with E-state index in [1.807, 2.05) is 0 Å². The van der Waals surface area contributed by atoms with Gasteiger partial charge in [0.15, 0.2) is 0 Å². The maximum absolute atomic E-state index is 12.6. The Hall–Kier alpha value is -2.61. The number of carbonyl (C=O) groups is 2. The standard InChI is InChI=1S/C19H23N3O4.ClH/c1-25-14-9-7-13(8-10-14)21-19(24)16-5-3-4-6-17(16)22-18(23)11-15(12-20)26-2;/h3-10,15H,11-12,20H2,1-2H3,(H,21,24)(H,22,23);1H. The van der Waals surface area contributed by atoms with Gasteiger partial charge in [-0.1, -0.05) is 12.1 Å². The molecule has 0 aliphatic rings. The first-order valence-electron chi connectivity index (χ1n) is 8.14. The molecular formula is C19H24ClN3O4. The fraction of sp³-hybridized carbons (Fsp3) is 0.263. The van der Waals surface area contributed by atoms with Crippen LogP contribution in [0.3, 0.4) is 0 Å². The van der Waals surface area contributed by atoms with Crippen molar-refractivity contribution in [3.63, 3.8) is 0 Å². The van der Waals surface area contributed by atoms with Crippen molar-refractivity contribution >= 4 is 35.6 Å². The molecular weight excluding hydrogens is 370 g/mol. The molecule has 0 aliphatic carbocycles. The highest BCUT2D eigenvalue weighted by molar-refractivity contribution is 6.10. The van der Waals surface area contributed by atoms with Crippen molar-refractivity contribution < 1.29 is 19.1 Å². The zero-order chi connectivity index (χ0) is 18.9. The van der Waals surface area contributed by atoms with Gasteiger partial charge in [-0.2, -0.15) is 0 Å². The minimum atomic E-state index is -0.365. The fourth-order valence-corrected chi connectivity index (χ4v) is 2.33. The third kappa shape index (κ3) is 6.56. The van der Waals surface area contributed by atoms with Crippen LogP contribution in [0.25, 0.3) is 0 Å². The van der Waals surface area contributed by atoms with Crippen LogP contribution >= 0.6 is 12.4 Å². The van der Waals surface area contributed by atoms with Crippen LogP contribution in [0.5, 0.6) is 5.75 Å². The SMILES string of the molecule is COc1ccc(NC(=O)c2ccccc2NC(=O)CC(CN)OC)cc1.Cl. The minimum Gasteiger partial charge on any atom is -0.497 e. The Labute approximate surface area is 164 Å². The van der Waals surface area contributed by atoms with Gasteiger partial charge in [0.1, 0.15) is 5.75 Å². The molecule has 8 heteroatoms. The summed E-state index contributed by atoms with van der Waals surface area (Å²) < 4.78 is 10.2. The summed E-state index contributed by atoms with van der Waals surface area (Å²) in [5.41, 5.74) is 6.94. The second-order valence-corrected chi connectivity index (χ2v) is 5.57. The number of ether oxygens (including phenoxy) is 2. The highest BCUT2D eigenvalue weighted by Crippen LogP contribution is 2.20. The van der Waals surface area contributed by atoms with Gasteiger partial charge in [-0.05, 0) is 36.4 Å². The molecule has 0 saturated carbocycles. The van der Waals surface area contributed by atoms with Crippen molar-refractivity contribution in [3.05, 3.63) is 54.1 Å². The number of hydrogen-bond acceptors (Lipinski definition) is 5. The van der Waals surface area contributed by atoms with Crippen LogP contribution in [0, 0.1) is 0 Å². The number of nitrogens with one attached hydrogen (secondary N) is 2. The van der Waals surface area contributed by atoms with E-state index in [0.717, 1.165) is 0 Å². The Morgan fingerprint density at radius 1 is 1.04 bits per heavy atom. The van der Waals surface area contributed by atoms with E-state index >= 15 is 0 Å². The molecule has 4 N–H and O–H groups in total. The summed E-state index contributed by atoms with van der Waals surface area (Å²) in [4.78, 5) is 24.7.